The normalized spacial score (nSPS) is 19.7. The van der Waals surface area contributed by atoms with Crippen LogP contribution in [0.4, 0.5) is 5.69 Å². The van der Waals surface area contributed by atoms with E-state index in [4.69, 9.17) is 4.74 Å². The molecule has 0 saturated heterocycles. The van der Waals surface area contributed by atoms with Gasteiger partial charge in [-0.3, -0.25) is 10.1 Å². The third kappa shape index (κ3) is 4.91. The Balaban J connectivity index is 2.10. The van der Waals surface area contributed by atoms with Crippen LogP contribution in [-0.4, -0.2) is 24.2 Å². The first kappa shape index (κ1) is 17.2. The molecule has 1 aliphatic rings. The molecule has 0 aliphatic carbocycles. The van der Waals surface area contributed by atoms with Crippen LogP contribution in [0.15, 0.2) is 34.3 Å². The number of hydrogen-bond acceptors (Lipinski definition) is 3. The zero-order chi connectivity index (χ0) is 16.8. The van der Waals surface area contributed by atoms with Crippen molar-refractivity contribution in [2.75, 3.05) is 6.61 Å². The van der Waals surface area contributed by atoms with E-state index in [-0.39, 0.29) is 11.8 Å². The maximum atomic E-state index is 12.3. The Hall–Kier alpha value is -2.17. The molecule has 5 heteroatoms. The van der Waals surface area contributed by atoms with Crippen LogP contribution < -0.4 is 10.1 Å². The van der Waals surface area contributed by atoms with Crippen molar-refractivity contribution in [2.45, 2.75) is 40.5 Å². The van der Waals surface area contributed by atoms with Gasteiger partial charge in [-0.2, -0.15) is 0 Å². The lowest BCUT2D eigenvalue weighted by Gasteiger charge is -2.22. The first-order valence-corrected chi connectivity index (χ1v) is 8.17. The maximum Gasteiger partial charge on any atom is 0.235 e. The molecule has 0 bridgehead atoms. The minimum absolute atomic E-state index is 0.0113. The highest BCUT2D eigenvalue weighted by Crippen LogP contribution is 2.20. The number of aliphatic imine (C=N–C) groups is 2. The smallest absolute Gasteiger partial charge is 0.235 e. The van der Waals surface area contributed by atoms with Gasteiger partial charge in [-0.1, -0.05) is 13.8 Å². The molecule has 1 atom stereocenters. The van der Waals surface area contributed by atoms with Crippen molar-refractivity contribution in [2.24, 2.45) is 21.8 Å². The highest BCUT2D eigenvalue weighted by Gasteiger charge is 2.27. The van der Waals surface area contributed by atoms with E-state index < -0.39 is 0 Å². The van der Waals surface area contributed by atoms with Gasteiger partial charge < -0.3 is 4.74 Å². The standard InChI is InChI=1S/C18H25N3O2/c1-5-23-15-9-7-14(8-10-15)20-18-19-13(4)16(17(22)21-18)11-6-12(2)3/h7-10,12,16H,5-6,11H2,1-4H3,(H,20,21,22). The first-order valence-electron chi connectivity index (χ1n) is 8.17. The van der Waals surface area contributed by atoms with Crippen molar-refractivity contribution in [1.82, 2.24) is 5.32 Å². The Kier molecular flexibility index (Phi) is 5.90. The van der Waals surface area contributed by atoms with Gasteiger partial charge in [-0.25, -0.2) is 9.98 Å². The summed E-state index contributed by atoms with van der Waals surface area (Å²) < 4.78 is 5.40. The molecule has 124 valence electrons. The summed E-state index contributed by atoms with van der Waals surface area (Å²) in [6.45, 7) is 8.79. The summed E-state index contributed by atoms with van der Waals surface area (Å²) in [5.74, 6) is 1.59. The number of benzene rings is 1. The zero-order valence-electron chi connectivity index (χ0n) is 14.3. The molecule has 1 aromatic carbocycles. The molecule has 0 spiro atoms. The van der Waals surface area contributed by atoms with E-state index in [0.717, 1.165) is 30.0 Å². The van der Waals surface area contributed by atoms with Gasteiger partial charge in [-0.05, 0) is 56.9 Å². The van der Waals surface area contributed by atoms with Crippen molar-refractivity contribution in [1.29, 1.82) is 0 Å². The Morgan fingerprint density at radius 3 is 2.57 bits per heavy atom. The molecule has 23 heavy (non-hydrogen) atoms. The van der Waals surface area contributed by atoms with Crippen molar-refractivity contribution >= 4 is 23.3 Å². The van der Waals surface area contributed by atoms with Gasteiger partial charge in [-0.15, -0.1) is 0 Å². The number of ether oxygens (including phenoxy) is 1. The fourth-order valence-corrected chi connectivity index (χ4v) is 2.46. The van der Waals surface area contributed by atoms with E-state index in [1.165, 1.54) is 0 Å². The van der Waals surface area contributed by atoms with Gasteiger partial charge in [0, 0.05) is 5.71 Å². The largest absolute Gasteiger partial charge is 0.494 e. The molecule has 0 saturated carbocycles. The van der Waals surface area contributed by atoms with E-state index in [1.54, 1.807) is 0 Å². The van der Waals surface area contributed by atoms with Crippen LogP contribution in [0.5, 0.6) is 5.75 Å². The number of nitrogens with one attached hydrogen (secondary N) is 1. The van der Waals surface area contributed by atoms with Crippen LogP contribution in [-0.2, 0) is 4.79 Å². The molecule has 5 nitrogen and oxygen atoms in total. The molecule has 0 radical (unpaired) electrons. The van der Waals surface area contributed by atoms with Crippen LogP contribution in [0.2, 0.25) is 0 Å². The summed E-state index contributed by atoms with van der Waals surface area (Å²) in [6, 6.07) is 7.41. The molecule has 1 aliphatic heterocycles. The second-order valence-electron chi connectivity index (χ2n) is 6.13. The number of carbonyl (C=O) groups is 1. The second kappa shape index (κ2) is 7.90. The molecule has 1 N–H and O–H groups in total. The van der Waals surface area contributed by atoms with Crippen LogP contribution >= 0.6 is 0 Å². The average Bonchev–Trinajstić information content (AvgIpc) is 2.48. The van der Waals surface area contributed by atoms with E-state index in [9.17, 15) is 4.79 Å². The molecule has 0 aromatic heterocycles. The van der Waals surface area contributed by atoms with E-state index in [0.29, 0.717) is 18.5 Å². The summed E-state index contributed by atoms with van der Waals surface area (Å²) in [4.78, 5) is 21.1. The molecule has 1 unspecified atom stereocenters. The number of nitrogens with zero attached hydrogens (tertiary/aromatic N) is 2. The van der Waals surface area contributed by atoms with E-state index in [2.05, 4.69) is 29.1 Å². The lowest BCUT2D eigenvalue weighted by Crippen LogP contribution is -2.43. The highest BCUT2D eigenvalue weighted by molar-refractivity contribution is 6.17. The molecular weight excluding hydrogens is 290 g/mol. The fourth-order valence-electron chi connectivity index (χ4n) is 2.46. The number of hydrogen-bond donors (Lipinski definition) is 1. The monoisotopic (exact) mass is 315 g/mol. The van der Waals surface area contributed by atoms with Crippen molar-refractivity contribution in [3.05, 3.63) is 24.3 Å². The minimum atomic E-state index is -0.142. The highest BCUT2D eigenvalue weighted by atomic mass is 16.5. The molecular formula is C18H25N3O2. The number of carbonyl (C=O) groups excluding carboxylic acids is 1. The summed E-state index contributed by atoms with van der Waals surface area (Å²) in [7, 11) is 0. The quantitative estimate of drug-likeness (QED) is 0.869. The number of rotatable bonds is 6. The Labute approximate surface area is 137 Å². The number of guanidine groups is 1. The lowest BCUT2D eigenvalue weighted by atomic mass is 9.93. The van der Waals surface area contributed by atoms with Gasteiger partial charge in [0.25, 0.3) is 0 Å². The molecule has 1 aromatic rings. The van der Waals surface area contributed by atoms with Crippen molar-refractivity contribution in [3.8, 4) is 5.75 Å². The molecule has 1 heterocycles. The van der Waals surface area contributed by atoms with Crippen LogP contribution in [0.25, 0.3) is 0 Å². The SMILES string of the molecule is CCOc1ccc(N=C2N=C(C)C(CCC(C)C)C(=O)N2)cc1. The Morgan fingerprint density at radius 1 is 1.30 bits per heavy atom. The van der Waals surface area contributed by atoms with Gasteiger partial charge >= 0.3 is 0 Å². The van der Waals surface area contributed by atoms with Gasteiger partial charge in [0.1, 0.15) is 5.75 Å². The Bertz CT molecular complexity index is 603. The van der Waals surface area contributed by atoms with Crippen LogP contribution in [0.1, 0.15) is 40.5 Å². The van der Waals surface area contributed by atoms with Gasteiger partial charge in [0.15, 0.2) is 0 Å². The average molecular weight is 315 g/mol. The third-order valence-electron chi connectivity index (χ3n) is 3.75. The van der Waals surface area contributed by atoms with E-state index in [1.807, 2.05) is 38.1 Å². The summed E-state index contributed by atoms with van der Waals surface area (Å²) in [5.41, 5.74) is 1.57. The fraction of sp³-hybridized carbons (Fsp3) is 0.500. The summed E-state index contributed by atoms with van der Waals surface area (Å²) in [5, 5.41) is 2.80. The van der Waals surface area contributed by atoms with Gasteiger partial charge in [0.05, 0.1) is 18.2 Å². The second-order valence-corrected chi connectivity index (χ2v) is 6.13. The molecule has 1 amide bonds. The third-order valence-corrected chi connectivity index (χ3v) is 3.75. The number of amides is 1. The Morgan fingerprint density at radius 2 is 2.00 bits per heavy atom. The van der Waals surface area contributed by atoms with Crippen molar-refractivity contribution < 1.29 is 9.53 Å². The van der Waals surface area contributed by atoms with Gasteiger partial charge in [0.2, 0.25) is 11.9 Å². The molecule has 2 rings (SSSR count). The minimum Gasteiger partial charge on any atom is -0.494 e. The topological polar surface area (TPSA) is 63.1 Å². The first-order chi connectivity index (χ1) is 11.0. The predicted molar refractivity (Wildman–Crippen MR) is 93.5 cm³/mol. The lowest BCUT2D eigenvalue weighted by molar-refractivity contribution is -0.122. The molecule has 0 fully saturated rings. The summed E-state index contributed by atoms with van der Waals surface area (Å²) in [6.07, 6.45) is 1.84. The predicted octanol–water partition coefficient (Wildman–Crippen LogP) is 3.72. The summed E-state index contributed by atoms with van der Waals surface area (Å²) >= 11 is 0. The maximum absolute atomic E-state index is 12.3. The van der Waals surface area contributed by atoms with Crippen LogP contribution in [0, 0.1) is 11.8 Å². The zero-order valence-corrected chi connectivity index (χ0v) is 14.3. The van der Waals surface area contributed by atoms with E-state index >= 15 is 0 Å². The van der Waals surface area contributed by atoms with Crippen LogP contribution in [0.3, 0.4) is 0 Å². The van der Waals surface area contributed by atoms with Crippen molar-refractivity contribution in [3.63, 3.8) is 0 Å².